The Morgan fingerprint density at radius 1 is 0.842 bits per heavy atom. The summed E-state index contributed by atoms with van der Waals surface area (Å²) in [5.74, 6) is 0.404. The van der Waals surface area contributed by atoms with E-state index in [9.17, 15) is 8.78 Å². The summed E-state index contributed by atoms with van der Waals surface area (Å²) in [6, 6.07) is 9.92. The summed E-state index contributed by atoms with van der Waals surface area (Å²) in [5.41, 5.74) is 5.74. The van der Waals surface area contributed by atoms with E-state index in [-0.39, 0.29) is 11.6 Å². The minimum atomic E-state index is -0.197. The average Bonchev–Trinajstić information content (AvgIpc) is 2.76. The molecule has 0 unspecified atom stereocenters. The highest BCUT2D eigenvalue weighted by atomic mass is 32.2. The van der Waals surface area contributed by atoms with Gasteiger partial charge in [0.2, 0.25) is 0 Å². The Morgan fingerprint density at radius 3 is 2.53 bits per heavy atom. The third-order valence-electron chi connectivity index (χ3n) is 3.77. The molecular formula is C16H10F2S. The monoisotopic (exact) mass is 272 g/mol. The summed E-state index contributed by atoms with van der Waals surface area (Å²) in [4.78, 5) is 0.993. The Kier molecular flexibility index (Phi) is 2.33. The van der Waals surface area contributed by atoms with Crippen LogP contribution < -0.4 is 0 Å². The molecule has 1 heterocycles. The van der Waals surface area contributed by atoms with Crippen molar-refractivity contribution in [1.82, 2.24) is 0 Å². The molecule has 1 aliphatic carbocycles. The summed E-state index contributed by atoms with van der Waals surface area (Å²) < 4.78 is 26.7. The van der Waals surface area contributed by atoms with Gasteiger partial charge in [-0.05, 0) is 58.5 Å². The van der Waals surface area contributed by atoms with Gasteiger partial charge in [0.15, 0.2) is 0 Å². The fraction of sp³-hybridized carbons (Fsp3) is 0.125. The molecule has 0 N–H and O–H groups in total. The maximum atomic E-state index is 13.4. The summed E-state index contributed by atoms with van der Waals surface area (Å²) in [7, 11) is 0. The quantitative estimate of drug-likeness (QED) is 0.678. The van der Waals surface area contributed by atoms with E-state index in [0.717, 1.165) is 28.2 Å². The van der Waals surface area contributed by atoms with Crippen molar-refractivity contribution >= 4 is 22.9 Å². The Bertz CT molecular complexity index is 732. The van der Waals surface area contributed by atoms with Crippen LogP contribution >= 0.6 is 11.8 Å². The van der Waals surface area contributed by atoms with Crippen molar-refractivity contribution < 1.29 is 8.78 Å². The van der Waals surface area contributed by atoms with Crippen molar-refractivity contribution in [3.05, 3.63) is 64.7 Å². The third-order valence-corrected chi connectivity index (χ3v) is 4.85. The van der Waals surface area contributed by atoms with E-state index >= 15 is 0 Å². The highest BCUT2D eigenvalue weighted by molar-refractivity contribution is 7.99. The Balaban J connectivity index is 1.91. The average molecular weight is 272 g/mol. The zero-order valence-electron chi connectivity index (χ0n) is 10.0. The second-order valence-corrected chi connectivity index (χ2v) is 5.88. The maximum Gasteiger partial charge on any atom is 0.124 e. The largest absolute Gasteiger partial charge is 0.207 e. The number of allylic oxidation sites excluding steroid dienone is 1. The number of thioether (sulfide) groups is 1. The molecule has 2 aromatic rings. The van der Waals surface area contributed by atoms with E-state index in [2.05, 4.69) is 0 Å². The number of halogens is 2. The van der Waals surface area contributed by atoms with Gasteiger partial charge >= 0.3 is 0 Å². The van der Waals surface area contributed by atoms with Gasteiger partial charge in [0.1, 0.15) is 11.6 Å². The summed E-state index contributed by atoms with van der Waals surface area (Å²) in [6.07, 6.45) is 0.824. The SMILES string of the molecule is Fc1ccc2c(c1)SCC1=C2Cc2ccc(F)cc21. The molecule has 0 atom stereocenters. The minimum Gasteiger partial charge on any atom is -0.207 e. The van der Waals surface area contributed by atoms with Gasteiger partial charge in [-0.2, -0.15) is 0 Å². The Hall–Kier alpha value is -1.61. The van der Waals surface area contributed by atoms with Gasteiger partial charge in [0, 0.05) is 10.6 Å². The van der Waals surface area contributed by atoms with Gasteiger partial charge in [0.05, 0.1) is 0 Å². The van der Waals surface area contributed by atoms with Crippen LogP contribution in [0.1, 0.15) is 16.7 Å². The number of fused-ring (bicyclic) bond motifs is 4. The van der Waals surface area contributed by atoms with Crippen molar-refractivity contribution in [2.45, 2.75) is 11.3 Å². The van der Waals surface area contributed by atoms with E-state index in [4.69, 9.17) is 0 Å². The number of rotatable bonds is 0. The second-order valence-electron chi connectivity index (χ2n) is 4.86. The molecule has 0 bridgehead atoms. The van der Waals surface area contributed by atoms with Crippen LogP contribution in [-0.2, 0) is 6.42 Å². The van der Waals surface area contributed by atoms with Crippen LogP contribution in [0.4, 0.5) is 8.78 Å². The van der Waals surface area contributed by atoms with E-state index in [1.807, 2.05) is 12.1 Å². The molecule has 2 aromatic carbocycles. The summed E-state index contributed by atoms with van der Waals surface area (Å²) in [6.45, 7) is 0. The fourth-order valence-electron chi connectivity index (χ4n) is 2.88. The number of hydrogen-bond acceptors (Lipinski definition) is 1. The topological polar surface area (TPSA) is 0 Å². The van der Waals surface area contributed by atoms with Crippen molar-refractivity contribution in [3.63, 3.8) is 0 Å². The molecule has 4 rings (SSSR count). The summed E-state index contributed by atoms with van der Waals surface area (Å²) in [5, 5.41) is 0. The lowest BCUT2D eigenvalue weighted by Gasteiger charge is -2.18. The van der Waals surface area contributed by atoms with Gasteiger partial charge < -0.3 is 0 Å². The van der Waals surface area contributed by atoms with Gasteiger partial charge in [-0.1, -0.05) is 12.1 Å². The first-order chi connectivity index (χ1) is 9.22. The second kappa shape index (κ2) is 3.94. The van der Waals surface area contributed by atoms with E-state index in [0.29, 0.717) is 0 Å². The molecule has 2 aliphatic rings. The summed E-state index contributed by atoms with van der Waals surface area (Å²) >= 11 is 1.63. The molecule has 0 nitrogen and oxygen atoms in total. The van der Waals surface area contributed by atoms with E-state index < -0.39 is 0 Å². The third kappa shape index (κ3) is 1.65. The zero-order chi connectivity index (χ0) is 13.0. The molecule has 19 heavy (non-hydrogen) atoms. The van der Waals surface area contributed by atoms with Crippen LogP contribution in [0.5, 0.6) is 0 Å². The lowest BCUT2D eigenvalue weighted by Crippen LogP contribution is -1.99. The van der Waals surface area contributed by atoms with Crippen LogP contribution in [0.15, 0.2) is 41.3 Å². The molecule has 0 spiro atoms. The van der Waals surface area contributed by atoms with Crippen LogP contribution in [0.3, 0.4) is 0 Å². The number of benzene rings is 2. The molecule has 0 fully saturated rings. The van der Waals surface area contributed by atoms with Crippen LogP contribution in [0.2, 0.25) is 0 Å². The van der Waals surface area contributed by atoms with Crippen molar-refractivity contribution in [1.29, 1.82) is 0 Å². The molecule has 0 aromatic heterocycles. The molecule has 1 aliphatic heterocycles. The van der Waals surface area contributed by atoms with Gasteiger partial charge in [-0.25, -0.2) is 8.78 Å². The first-order valence-electron chi connectivity index (χ1n) is 6.16. The van der Waals surface area contributed by atoms with E-state index in [1.54, 1.807) is 23.9 Å². The maximum absolute atomic E-state index is 13.4. The smallest absolute Gasteiger partial charge is 0.124 e. The van der Waals surface area contributed by atoms with Gasteiger partial charge in [0.25, 0.3) is 0 Å². The Labute approximate surface area is 114 Å². The molecule has 3 heteroatoms. The van der Waals surface area contributed by atoms with Crippen molar-refractivity contribution in [2.24, 2.45) is 0 Å². The molecule has 0 radical (unpaired) electrons. The first kappa shape index (κ1) is 11.2. The zero-order valence-corrected chi connectivity index (χ0v) is 10.9. The minimum absolute atomic E-state index is 0.192. The van der Waals surface area contributed by atoms with Gasteiger partial charge in [-0.15, -0.1) is 11.8 Å². The highest BCUT2D eigenvalue weighted by Gasteiger charge is 2.28. The van der Waals surface area contributed by atoms with Crippen molar-refractivity contribution in [2.75, 3.05) is 5.75 Å². The first-order valence-corrected chi connectivity index (χ1v) is 7.14. The predicted octanol–water partition coefficient (Wildman–Crippen LogP) is 4.54. The highest BCUT2D eigenvalue weighted by Crippen LogP contribution is 2.47. The van der Waals surface area contributed by atoms with Crippen LogP contribution in [0.25, 0.3) is 11.1 Å². The lowest BCUT2D eigenvalue weighted by molar-refractivity contribution is 0.624. The molecule has 0 amide bonds. The molecular weight excluding hydrogens is 262 g/mol. The molecule has 94 valence electrons. The normalized spacial score (nSPS) is 16.1. The lowest BCUT2D eigenvalue weighted by atomic mass is 10.0. The van der Waals surface area contributed by atoms with E-state index in [1.165, 1.54) is 28.8 Å². The predicted molar refractivity (Wildman–Crippen MR) is 74.0 cm³/mol. The van der Waals surface area contributed by atoms with Crippen LogP contribution in [0, 0.1) is 11.6 Å². The Morgan fingerprint density at radius 2 is 1.63 bits per heavy atom. The molecule has 0 saturated heterocycles. The van der Waals surface area contributed by atoms with Crippen molar-refractivity contribution in [3.8, 4) is 0 Å². The van der Waals surface area contributed by atoms with Crippen LogP contribution in [-0.4, -0.2) is 5.75 Å². The van der Waals surface area contributed by atoms with Gasteiger partial charge in [-0.3, -0.25) is 0 Å². The number of hydrogen-bond donors (Lipinski definition) is 0. The molecule has 0 saturated carbocycles. The fourth-order valence-corrected chi connectivity index (χ4v) is 4.05. The standard InChI is InChI=1S/C16H10F2S/c17-10-2-1-9-5-14-12-4-3-11(18)7-16(12)19-8-15(14)13(9)6-10/h1-4,6-7H,5,8H2.